The van der Waals surface area contributed by atoms with Crippen LogP contribution < -0.4 is 5.73 Å². The number of carbonyl (C=O) groups is 1. The number of hydrogen-bond acceptors (Lipinski definition) is 4. The molecule has 5 nitrogen and oxygen atoms in total. The normalized spacial score (nSPS) is 11.7. The SMILES string of the molecule is NC(=NN=Cc1ccc(C(=O)O)cc1)SCc1ccccc1. The topological polar surface area (TPSA) is 88.0 Å². The van der Waals surface area contributed by atoms with Gasteiger partial charge in [-0.05, 0) is 23.3 Å². The summed E-state index contributed by atoms with van der Waals surface area (Å²) in [7, 11) is 0. The Bertz CT molecular complexity index is 682. The molecule has 0 aliphatic heterocycles. The molecule has 0 heterocycles. The molecule has 6 heteroatoms. The summed E-state index contributed by atoms with van der Waals surface area (Å²) in [6.07, 6.45) is 1.53. The summed E-state index contributed by atoms with van der Waals surface area (Å²) in [6, 6.07) is 16.3. The Hall–Kier alpha value is -2.60. The predicted octanol–water partition coefficient (Wildman–Crippen LogP) is 2.97. The lowest BCUT2D eigenvalue weighted by atomic mass is 10.1. The summed E-state index contributed by atoms with van der Waals surface area (Å²) in [4.78, 5) is 10.7. The summed E-state index contributed by atoms with van der Waals surface area (Å²) in [5.74, 6) is -0.220. The molecular formula is C16H15N3O2S. The van der Waals surface area contributed by atoms with Crippen molar-refractivity contribution in [2.24, 2.45) is 15.9 Å². The van der Waals surface area contributed by atoms with Gasteiger partial charge >= 0.3 is 5.97 Å². The third kappa shape index (κ3) is 5.06. The van der Waals surface area contributed by atoms with Crippen LogP contribution >= 0.6 is 11.8 Å². The van der Waals surface area contributed by atoms with E-state index in [-0.39, 0.29) is 5.56 Å². The third-order valence-electron chi connectivity index (χ3n) is 2.75. The minimum absolute atomic E-state index is 0.235. The molecule has 2 aromatic carbocycles. The lowest BCUT2D eigenvalue weighted by Crippen LogP contribution is -2.06. The van der Waals surface area contributed by atoms with E-state index < -0.39 is 5.97 Å². The molecule has 112 valence electrons. The fourth-order valence-corrected chi connectivity index (χ4v) is 2.24. The standard InChI is InChI=1S/C16H15N3O2S/c17-16(22-11-13-4-2-1-3-5-13)19-18-10-12-6-8-14(9-7-12)15(20)21/h1-10H,11H2,(H2,17,19)(H,20,21). The average molecular weight is 313 g/mol. The van der Waals surface area contributed by atoms with E-state index in [1.54, 1.807) is 12.1 Å². The van der Waals surface area contributed by atoms with Crippen LogP contribution in [0.15, 0.2) is 64.8 Å². The Morgan fingerprint density at radius 1 is 1.14 bits per heavy atom. The molecule has 0 saturated heterocycles. The first-order valence-corrected chi connectivity index (χ1v) is 7.50. The number of thioether (sulfide) groups is 1. The van der Waals surface area contributed by atoms with Gasteiger partial charge in [0.05, 0.1) is 11.8 Å². The number of carboxylic acids is 1. The van der Waals surface area contributed by atoms with Crippen molar-refractivity contribution in [1.29, 1.82) is 0 Å². The smallest absolute Gasteiger partial charge is 0.335 e. The highest BCUT2D eigenvalue weighted by molar-refractivity contribution is 8.13. The van der Waals surface area contributed by atoms with Gasteiger partial charge in [0, 0.05) is 5.75 Å². The van der Waals surface area contributed by atoms with Gasteiger partial charge in [0.1, 0.15) is 0 Å². The Kier molecular flexibility index (Phi) is 5.73. The monoisotopic (exact) mass is 313 g/mol. The van der Waals surface area contributed by atoms with Crippen molar-refractivity contribution < 1.29 is 9.90 Å². The van der Waals surface area contributed by atoms with E-state index in [1.165, 1.54) is 35.7 Å². The van der Waals surface area contributed by atoms with E-state index in [0.29, 0.717) is 5.17 Å². The number of nitrogens with zero attached hydrogens (tertiary/aromatic N) is 2. The highest BCUT2D eigenvalue weighted by Crippen LogP contribution is 2.11. The third-order valence-corrected chi connectivity index (χ3v) is 3.61. The predicted molar refractivity (Wildman–Crippen MR) is 90.4 cm³/mol. The van der Waals surface area contributed by atoms with Gasteiger partial charge in [-0.15, -0.1) is 5.10 Å². The summed E-state index contributed by atoms with van der Waals surface area (Å²) in [5.41, 5.74) is 7.93. The molecule has 0 saturated carbocycles. The fourth-order valence-electron chi connectivity index (χ4n) is 1.62. The quantitative estimate of drug-likeness (QED) is 0.504. The van der Waals surface area contributed by atoms with Crippen LogP contribution in [0.5, 0.6) is 0 Å². The van der Waals surface area contributed by atoms with Gasteiger partial charge in [-0.25, -0.2) is 4.79 Å². The fraction of sp³-hybridized carbons (Fsp3) is 0.0625. The van der Waals surface area contributed by atoms with Crippen LogP contribution in [0.2, 0.25) is 0 Å². The summed E-state index contributed by atoms with van der Waals surface area (Å²) in [5, 5.41) is 17.0. The second-order valence-corrected chi connectivity index (χ2v) is 5.38. The molecule has 22 heavy (non-hydrogen) atoms. The van der Waals surface area contributed by atoms with Crippen molar-refractivity contribution in [3.63, 3.8) is 0 Å². The molecule has 0 fully saturated rings. The van der Waals surface area contributed by atoms with Crippen LogP contribution in [0.25, 0.3) is 0 Å². The zero-order chi connectivity index (χ0) is 15.8. The zero-order valence-corrected chi connectivity index (χ0v) is 12.5. The number of carboxylic acid groups (broad SMARTS) is 1. The van der Waals surface area contributed by atoms with Crippen molar-refractivity contribution in [3.8, 4) is 0 Å². The molecular weight excluding hydrogens is 298 g/mol. The number of rotatable bonds is 5. The van der Waals surface area contributed by atoms with Crippen LogP contribution in [0.4, 0.5) is 0 Å². The highest BCUT2D eigenvalue weighted by Gasteiger charge is 2.00. The lowest BCUT2D eigenvalue weighted by molar-refractivity contribution is 0.0697. The number of hydrogen-bond donors (Lipinski definition) is 2. The Morgan fingerprint density at radius 2 is 1.82 bits per heavy atom. The largest absolute Gasteiger partial charge is 0.478 e. The van der Waals surface area contributed by atoms with Crippen LogP contribution in [-0.2, 0) is 5.75 Å². The number of benzene rings is 2. The van der Waals surface area contributed by atoms with Gasteiger partial charge in [0.15, 0.2) is 5.17 Å². The Labute approximate surface area is 132 Å². The molecule has 0 aliphatic rings. The van der Waals surface area contributed by atoms with E-state index in [1.807, 2.05) is 30.3 Å². The minimum Gasteiger partial charge on any atom is -0.478 e. The van der Waals surface area contributed by atoms with E-state index in [0.717, 1.165) is 11.3 Å². The molecule has 2 rings (SSSR count). The average Bonchev–Trinajstić information content (AvgIpc) is 2.54. The molecule has 0 amide bonds. The number of amidine groups is 1. The van der Waals surface area contributed by atoms with Crippen molar-refractivity contribution in [2.75, 3.05) is 0 Å². The molecule has 0 atom stereocenters. The first kappa shape index (κ1) is 15.8. The van der Waals surface area contributed by atoms with Crippen molar-refractivity contribution in [2.45, 2.75) is 5.75 Å². The molecule has 0 aliphatic carbocycles. The van der Waals surface area contributed by atoms with Gasteiger partial charge in [0.25, 0.3) is 0 Å². The van der Waals surface area contributed by atoms with Crippen molar-refractivity contribution >= 4 is 29.1 Å². The minimum atomic E-state index is -0.955. The lowest BCUT2D eigenvalue weighted by Gasteiger charge is -1.99. The molecule has 3 N–H and O–H groups in total. The summed E-state index contributed by atoms with van der Waals surface area (Å²) >= 11 is 1.41. The van der Waals surface area contributed by atoms with Crippen LogP contribution in [0.3, 0.4) is 0 Å². The van der Waals surface area contributed by atoms with E-state index in [2.05, 4.69) is 10.2 Å². The number of aromatic carboxylic acids is 1. The maximum atomic E-state index is 10.7. The van der Waals surface area contributed by atoms with Crippen LogP contribution in [0, 0.1) is 0 Å². The second-order valence-electron chi connectivity index (χ2n) is 4.38. The first-order valence-electron chi connectivity index (χ1n) is 6.52. The molecule has 0 radical (unpaired) electrons. The molecule has 0 aromatic heterocycles. The van der Waals surface area contributed by atoms with Crippen LogP contribution in [-0.4, -0.2) is 22.5 Å². The molecule has 0 bridgehead atoms. The maximum Gasteiger partial charge on any atom is 0.335 e. The van der Waals surface area contributed by atoms with E-state index in [4.69, 9.17) is 10.8 Å². The maximum absolute atomic E-state index is 10.7. The van der Waals surface area contributed by atoms with Crippen LogP contribution in [0.1, 0.15) is 21.5 Å². The van der Waals surface area contributed by atoms with Gasteiger partial charge in [0.2, 0.25) is 0 Å². The van der Waals surface area contributed by atoms with Crippen molar-refractivity contribution in [1.82, 2.24) is 0 Å². The molecule has 2 aromatic rings. The Balaban J connectivity index is 1.88. The first-order chi connectivity index (χ1) is 10.6. The summed E-state index contributed by atoms with van der Waals surface area (Å²) in [6.45, 7) is 0. The van der Waals surface area contributed by atoms with Crippen molar-refractivity contribution in [3.05, 3.63) is 71.3 Å². The zero-order valence-electron chi connectivity index (χ0n) is 11.7. The van der Waals surface area contributed by atoms with Gasteiger partial charge in [-0.2, -0.15) is 5.10 Å². The summed E-state index contributed by atoms with van der Waals surface area (Å²) < 4.78 is 0. The molecule has 0 spiro atoms. The number of nitrogens with two attached hydrogens (primary N) is 1. The second kappa shape index (κ2) is 7.99. The van der Waals surface area contributed by atoms with Gasteiger partial charge in [-0.3, -0.25) is 0 Å². The Morgan fingerprint density at radius 3 is 2.45 bits per heavy atom. The molecule has 0 unspecified atom stereocenters. The van der Waals surface area contributed by atoms with Gasteiger partial charge in [-0.1, -0.05) is 54.2 Å². The van der Waals surface area contributed by atoms with Gasteiger partial charge < -0.3 is 10.8 Å². The van der Waals surface area contributed by atoms with E-state index in [9.17, 15) is 4.79 Å². The highest BCUT2D eigenvalue weighted by atomic mass is 32.2. The van der Waals surface area contributed by atoms with E-state index >= 15 is 0 Å².